The number of pyridine rings is 1. The smallest absolute Gasteiger partial charge is 0.280 e. The Bertz CT molecular complexity index is 2460. The lowest BCUT2D eigenvalue weighted by molar-refractivity contribution is -0.164. The summed E-state index contributed by atoms with van der Waals surface area (Å²) in [7, 11) is 0. The molecule has 4 aromatic rings. The van der Waals surface area contributed by atoms with Gasteiger partial charge in [-0.2, -0.15) is 10.4 Å². The van der Waals surface area contributed by atoms with Crippen molar-refractivity contribution >= 4 is 40.9 Å². The standard InChI is InChI=1S/C48H58ClF2N11O3/c1-29(63)60-20-14-39-36(28-60)42(61-15-6-7-32-24-53-38(41(50)51)22-40(32)61)57-62(39)34-12-16-58(17-13-34)27-30-10-18-59(19-11-30)46-54-25-33(26-55-46)43(64)56-44-47(2,3)45(48(44,4)5)65-35-9-8-31(23-52)37(49)21-35/h8-9,21-22,24-26,30,34,41,44-45H,6-7,10-20,27-28H2,1-5H3,(H,56,64). The number of likely N-dealkylation sites (tertiary alicyclic amines) is 1. The van der Waals surface area contributed by atoms with Crippen molar-refractivity contribution in [3.05, 3.63) is 81.5 Å². The Morgan fingerprint density at radius 3 is 2.34 bits per heavy atom. The van der Waals surface area contributed by atoms with E-state index in [9.17, 15) is 23.6 Å². The minimum absolute atomic E-state index is 0.0239. The van der Waals surface area contributed by atoms with Crippen molar-refractivity contribution in [1.29, 1.82) is 5.26 Å². The van der Waals surface area contributed by atoms with Crippen LogP contribution in [-0.2, 0) is 24.2 Å². The average Bonchev–Trinajstić information content (AvgIpc) is 3.68. The van der Waals surface area contributed by atoms with Gasteiger partial charge in [0.15, 0.2) is 5.82 Å². The number of hydrogen-bond donors (Lipinski definition) is 1. The van der Waals surface area contributed by atoms with Crippen LogP contribution < -0.4 is 19.9 Å². The first kappa shape index (κ1) is 44.8. The van der Waals surface area contributed by atoms with E-state index in [0.717, 1.165) is 99.6 Å². The highest BCUT2D eigenvalue weighted by atomic mass is 35.5. The number of halogens is 3. The molecule has 17 heteroatoms. The second kappa shape index (κ2) is 17.8. The summed E-state index contributed by atoms with van der Waals surface area (Å²) in [6.07, 6.45) is 8.29. The Balaban J connectivity index is 0.777. The molecule has 1 aromatic carbocycles. The first-order valence-corrected chi connectivity index (χ1v) is 23.4. The highest BCUT2D eigenvalue weighted by Gasteiger charge is 2.64. The van der Waals surface area contributed by atoms with Crippen LogP contribution in [0.1, 0.15) is 118 Å². The zero-order chi connectivity index (χ0) is 45.8. The predicted molar refractivity (Wildman–Crippen MR) is 243 cm³/mol. The van der Waals surface area contributed by atoms with E-state index in [1.165, 1.54) is 6.07 Å². The molecule has 3 fully saturated rings. The summed E-state index contributed by atoms with van der Waals surface area (Å²) in [4.78, 5) is 48.1. The van der Waals surface area contributed by atoms with Crippen LogP contribution in [0.5, 0.6) is 5.75 Å². The SMILES string of the molecule is CC(=O)N1CCc2c(c(N3CCCc4cnc(C(F)F)cc43)nn2C2CCN(CC3CCN(c4ncc(C(=O)NC5C(C)(C)C(Oc6ccc(C#N)c(Cl)c6)C5(C)C)cn4)CC3)CC2)C1. The number of benzene rings is 1. The van der Waals surface area contributed by atoms with Crippen molar-refractivity contribution in [1.82, 2.24) is 39.8 Å². The second-order valence-electron chi connectivity index (χ2n) is 19.7. The Morgan fingerprint density at radius 1 is 0.954 bits per heavy atom. The predicted octanol–water partition coefficient (Wildman–Crippen LogP) is 7.69. The van der Waals surface area contributed by atoms with Crippen LogP contribution in [0.4, 0.5) is 26.2 Å². The third-order valence-corrected chi connectivity index (χ3v) is 15.1. The van der Waals surface area contributed by atoms with Gasteiger partial charge in [0.25, 0.3) is 12.3 Å². The monoisotopic (exact) mass is 909 g/mol. The van der Waals surface area contributed by atoms with Crippen LogP contribution >= 0.6 is 11.6 Å². The summed E-state index contributed by atoms with van der Waals surface area (Å²) >= 11 is 6.26. The topological polar surface area (TPSA) is 149 Å². The minimum atomic E-state index is -2.66. The highest BCUT2D eigenvalue weighted by molar-refractivity contribution is 6.31. The normalized spacial score (nSPS) is 22.2. The number of nitrogens with one attached hydrogen (secondary N) is 1. The summed E-state index contributed by atoms with van der Waals surface area (Å²) in [5, 5.41) is 18.1. The number of carbonyl (C=O) groups is 2. The molecule has 3 aromatic heterocycles. The van der Waals surface area contributed by atoms with Crippen LogP contribution in [0.15, 0.2) is 42.9 Å². The lowest BCUT2D eigenvalue weighted by Crippen LogP contribution is -2.74. The average molecular weight is 911 g/mol. The van der Waals surface area contributed by atoms with Crippen LogP contribution in [-0.4, -0.2) is 104 Å². The van der Waals surface area contributed by atoms with E-state index in [0.29, 0.717) is 59.8 Å². The van der Waals surface area contributed by atoms with Gasteiger partial charge in [0.1, 0.15) is 23.6 Å². The van der Waals surface area contributed by atoms with Crippen LogP contribution in [0.25, 0.3) is 0 Å². The Morgan fingerprint density at radius 2 is 1.68 bits per heavy atom. The van der Waals surface area contributed by atoms with E-state index < -0.39 is 17.3 Å². The van der Waals surface area contributed by atoms with Gasteiger partial charge in [-0.15, -0.1) is 0 Å². The third-order valence-electron chi connectivity index (χ3n) is 14.7. The number of anilines is 3. The van der Waals surface area contributed by atoms with Gasteiger partial charge in [0.05, 0.1) is 28.7 Å². The number of ether oxygens (including phenoxy) is 1. The molecule has 2 amide bonds. The van der Waals surface area contributed by atoms with Crippen molar-refractivity contribution in [3.8, 4) is 11.8 Å². The number of fused-ring (bicyclic) bond motifs is 2. The van der Waals surface area contributed by atoms with Gasteiger partial charge in [-0.25, -0.2) is 18.7 Å². The molecule has 1 saturated carbocycles. The number of piperidine rings is 2. The van der Waals surface area contributed by atoms with E-state index in [1.807, 2.05) is 4.90 Å². The van der Waals surface area contributed by atoms with Crippen molar-refractivity contribution in [2.75, 3.05) is 55.6 Å². The number of aromatic nitrogens is 5. The fraction of sp³-hybridized carbons (Fsp3) is 0.562. The fourth-order valence-corrected chi connectivity index (χ4v) is 11.7. The number of rotatable bonds is 10. The maximum atomic E-state index is 13.8. The molecule has 65 heavy (non-hydrogen) atoms. The Kier molecular flexibility index (Phi) is 12.2. The Labute approximate surface area is 384 Å². The molecular formula is C48H58ClF2N11O3. The van der Waals surface area contributed by atoms with E-state index in [2.05, 4.69) is 73.4 Å². The van der Waals surface area contributed by atoms with Gasteiger partial charge in [-0.05, 0) is 68.2 Å². The maximum Gasteiger partial charge on any atom is 0.280 e. The number of alkyl halides is 2. The Hall–Kier alpha value is -5.40. The maximum absolute atomic E-state index is 13.8. The third kappa shape index (κ3) is 8.62. The van der Waals surface area contributed by atoms with Crippen molar-refractivity contribution in [2.24, 2.45) is 16.7 Å². The molecule has 2 saturated heterocycles. The van der Waals surface area contributed by atoms with E-state index in [4.69, 9.17) is 21.4 Å². The number of carbonyl (C=O) groups excluding carboxylic acids is 2. The van der Waals surface area contributed by atoms with E-state index >= 15 is 0 Å². The largest absolute Gasteiger partial charge is 0.489 e. The van der Waals surface area contributed by atoms with Gasteiger partial charge in [0.2, 0.25) is 11.9 Å². The van der Waals surface area contributed by atoms with Crippen molar-refractivity contribution in [3.63, 3.8) is 0 Å². The van der Waals surface area contributed by atoms with Crippen LogP contribution in [0.3, 0.4) is 0 Å². The van der Waals surface area contributed by atoms with E-state index in [-0.39, 0.29) is 35.7 Å². The lowest BCUT2D eigenvalue weighted by Gasteiger charge is -2.63. The minimum Gasteiger partial charge on any atom is -0.489 e. The summed E-state index contributed by atoms with van der Waals surface area (Å²) in [5.74, 6) is 2.35. The van der Waals surface area contributed by atoms with Crippen molar-refractivity contribution in [2.45, 2.75) is 111 Å². The molecule has 0 spiro atoms. The zero-order valence-electron chi connectivity index (χ0n) is 37.9. The second-order valence-corrected chi connectivity index (χ2v) is 20.1. The molecule has 0 atom stereocenters. The molecule has 0 unspecified atom stereocenters. The highest BCUT2D eigenvalue weighted by Crippen LogP contribution is 2.55. The lowest BCUT2D eigenvalue weighted by atomic mass is 9.49. The molecule has 14 nitrogen and oxygen atoms in total. The zero-order valence-corrected chi connectivity index (χ0v) is 38.6. The van der Waals surface area contributed by atoms with Crippen molar-refractivity contribution < 1.29 is 23.1 Å². The number of nitriles is 1. The molecule has 9 rings (SSSR count). The molecular weight excluding hydrogens is 852 g/mol. The molecule has 0 bridgehead atoms. The summed E-state index contributed by atoms with van der Waals surface area (Å²) in [6.45, 7) is 16.3. The number of nitrogens with zero attached hydrogens (tertiary/aromatic N) is 10. The molecule has 7 heterocycles. The number of hydrogen-bond acceptors (Lipinski definition) is 11. The number of amides is 2. The first-order chi connectivity index (χ1) is 31.1. The van der Waals surface area contributed by atoms with Gasteiger partial charge in [-0.1, -0.05) is 39.3 Å². The van der Waals surface area contributed by atoms with Crippen LogP contribution in [0, 0.1) is 28.1 Å². The molecule has 344 valence electrons. The fourth-order valence-electron chi connectivity index (χ4n) is 11.5. The molecule has 5 aliphatic rings. The molecule has 0 radical (unpaired) electrons. The summed E-state index contributed by atoms with van der Waals surface area (Å²) in [5.41, 5.74) is 3.66. The van der Waals surface area contributed by atoms with Gasteiger partial charge < -0.3 is 29.7 Å². The van der Waals surface area contributed by atoms with Crippen LogP contribution in [0.2, 0.25) is 5.02 Å². The summed E-state index contributed by atoms with van der Waals surface area (Å²) < 4.78 is 36.2. The van der Waals surface area contributed by atoms with Gasteiger partial charge >= 0.3 is 0 Å². The van der Waals surface area contributed by atoms with Gasteiger partial charge in [0, 0.05) is 118 Å². The molecule has 4 aliphatic heterocycles. The number of aryl methyl sites for hydroxylation is 1. The van der Waals surface area contributed by atoms with Gasteiger partial charge in [-0.3, -0.25) is 19.3 Å². The first-order valence-electron chi connectivity index (χ1n) is 23.0. The molecule has 1 aliphatic carbocycles. The quantitative estimate of drug-likeness (QED) is 0.167. The summed E-state index contributed by atoms with van der Waals surface area (Å²) in [6, 6.07) is 8.70. The molecule has 1 N–H and O–H groups in total. The van der Waals surface area contributed by atoms with E-state index in [1.54, 1.807) is 43.7 Å².